The number of hydrogen-bond acceptors (Lipinski definition) is 7. The van der Waals surface area contributed by atoms with Gasteiger partial charge >= 0.3 is 0 Å². The van der Waals surface area contributed by atoms with Crippen LogP contribution in [-0.4, -0.2) is 55.5 Å². The molecular weight excluding hydrogens is 512 g/mol. The van der Waals surface area contributed by atoms with Crippen LogP contribution in [0.2, 0.25) is 0 Å². The van der Waals surface area contributed by atoms with E-state index in [1.54, 1.807) is 24.4 Å². The van der Waals surface area contributed by atoms with E-state index in [1.807, 2.05) is 0 Å². The monoisotopic (exact) mass is 531 g/mol. The standard InChI is InChI=1S/C26H19F2N7O2S/c1-38(36,37)5-3-14-6-15(8-17(27)7-14)18-2-4-31-25-23(18)32-26(33-25)24-20-9-19(16-11-29-13-30-12-16)21(28)10-22(20)34-35-24/h2,4,6-13H,3,5H2,1H3,(H,34,35)(H,31,32,33). The first kappa shape index (κ1) is 23.8. The Balaban J connectivity index is 1.45. The van der Waals surface area contributed by atoms with Crippen molar-refractivity contribution in [2.45, 2.75) is 6.42 Å². The molecule has 0 saturated carbocycles. The van der Waals surface area contributed by atoms with Gasteiger partial charge in [-0.2, -0.15) is 5.10 Å². The number of aromatic nitrogens is 7. The molecule has 0 amide bonds. The van der Waals surface area contributed by atoms with Crippen molar-refractivity contribution in [3.8, 4) is 33.8 Å². The average molecular weight is 532 g/mol. The summed E-state index contributed by atoms with van der Waals surface area (Å²) in [4.78, 5) is 20.1. The van der Waals surface area contributed by atoms with Gasteiger partial charge in [0.05, 0.1) is 16.8 Å². The normalized spacial score (nSPS) is 12.0. The smallest absolute Gasteiger partial charge is 0.178 e. The molecule has 0 fully saturated rings. The van der Waals surface area contributed by atoms with E-state index in [0.29, 0.717) is 61.4 Å². The number of hydrogen-bond donors (Lipinski definition) is 2. The minimum Gasteiger partial charge on any atom is -0.335 e. The summed E-state index contributed by atoms with van der Waals surface area (Å²) in [6.45, 7) is 0. The summed E-state index contributed by atoms with van der Waals surface area (Å²) in [6.07, 6.45) is 7.33. The molecule has 0 aliphatic heterocycles. The summed E-state index contributed by atoms with van der Waals surface area (Å²) in [5.41, 5.74) is 4.46. The van der Waals surface area contributed by atoms with Crippen molar-refractivity contribution < 1.29 is 17.2 Å². The van der Waals surface area contributed by atoms with E-state index in [1.165, 1.54) is 36.9 Å². The van der Waals surface area contributed by atoms with E-state index in [0.717, 1.165) is 6.26 Å². The lowest BCUT2D eigenvalue weighted by molar-refractivity contribution is 0.600. The fraction of sp³-hybridized carbons (Fsp3) is 0.115. The average Bonchev–Trinajstić information content (AvgIpc) is 3.50. The summed E-state index contributed by atoms with van der Waals surface area (Å²) in [5.74, 6) is -0.621. The van der Waals surface area contributed by atoms with E-state index in [-0.39, 0.29) is 12.2 Å². The molecule has 2 aromatic carbocycles. The summed E-state index contributed by atoms with van der Waals surface area (Å²) >= 11 is 0. The molecule has 4 heterocycles. The van der Waals surface area contributed by atoms with Gasteiger partial charge in [-0.15, -0.1) is 0 Å². The molecule has 6 rings (SSSR count). The Morgan fingerprint density at radius 1 is 0.974 bits per heavy atom. The van der Waals surface area contributed by atoms with Crippen molar-refractivity contribution >= 4 is 31.9 Å². The second-order valence-corrected chi connectivity index (χ2v) is 11.2. The van der Waals surface area contributed by atoms with Gasteiger partial charge in [-0.3, -0.25) is 5.10 Å². The Morgan fingerprint density at radius 2 is 1.79 bits per heavy atom. The predicted octanol–water partition coefficient (Wildman–Crippen LogP) is 4.49. The summed E-state index contributed by atoms with van der Waals surface area (Å²) < 4.78 is 52.5. The molecule has 4 aromatic heterocycles. The summed E-state index contributed by atoms with van der Waals surface area (Å²) in [6, 6.07) is 9.20. The fourth-order valence-corrected chi connectivity index (χ4v) is 5.00. The number of imidazole rings is 1. The molecule has 0 radical (unpaired) electrons. The molecule has 0 aliphatic carbocycles. The molecule has 0 atom stereocenters. The Hall–Kier alpha value is -4.58. The van der Waals surface area contributed by atoms with Crippen molar-refractivity contribution in [3.05, 3.63) is 78.5 Å². The number of nitrogens with one attached hydrogen (secondary N) is 2. The predicted molar refractivity (Wildman–Crippen MR) is 139 cm³/mol. The van der Waals surface area contributed by atoms with Crippen LogP contribution in [0.4, 0.5) is 8.78 Å². The third-order valence-electron chi connectivity index (χ3n) is 6.17. The molecule has 0 bridgehead atoms. The lowest BCUT2D eigenvalue weighted by Crippen LogP contribution is -2.06. The molecule has 0 aliphatic rings. The van der Waals surface area contributed by atoms with Crippen LogP contribution in [0.15, 0.2) is 61.3 Å². The zero-order valence-corrected chi connectivity index (χ0v) is 20.7. The van der Waals surface area contributed by atoms with E-state index < -0.39 is 21.5 Å². The van der Waals surface area contributed by atoms with Crippen LogP contribution < -0.4 is 0 Å². The Morgan fingerprint density at radius 3 is 2.58 bits per heavy atom. The van der Waals surface area contributed by atoms with Crippen LogP contribution in [0.3, 0.4) is 0 Å². The number of aromatic amines is 2. The van der Waals surface area contributed by atoms with Gasteiger partial charge in [0, 0.05) is 53.0 Å². The van der Waals surface area contributed by atoms with Crippen LogP contribution in [-0.2, 0) is 16.3 Å². The van der Waals surface area contributed by atoms with E-state index in [4.69, 9.17) is 0 Å². The molecule has 6 aromatic rings. The minimum absolute atomic E-state index is 0.0836. The van der Waals surface area contributed by atoms with Crippen molar-refractivity contribution in [1.29, 1.82) is 0 Å². The highest BCUT2D eigenvalue weighted by Gasteiger charge is 2.19. The number of rotatable bonds is 6. The van der Waals surface area contributed by atoms with Crippen LogP contribution >= 0.6 is 0 Å². The van der Waals surface area contributed by atoms with E-state index in [9.17, 15) is 17.2 Å². The maximum absolute atomic E-state index is 14.8. The van der Waals surface area contributed by atoms with Gasteiger partial charge in [0.2, 0.25) is 0 Å². The highest BCUT2D eigenvalue weighted by atomic mass is 32.2. The van der Waals surface area contributed by atoms with Gasteiger partial charge in [0.1, 0.15) is 33.5 Å². The van der Waals surface area contributed by atoms with E-state index in [2.05, 4.69) is 35.1 Å². The molecule has 0 saturated heterocycles. The van der Waals surface area contributed by atoms with Gasteiger partial charge in [-0.05, 0) is 41.8 Å². The van der Waals surface area contributed by atoms with Gasteiger partial charge in [-0.25, -0.2) is 37.1 Å². The highest BCUT2D eigenvalue weighted by Crippen LogP contribution is 2.34. The topological polar surface area (TPSA) is 130 Å². The van der Waals surface area contributed by atoms with E-state index >= 15 is 0 Å². The molecule has 0 spiro atoms. The highest BCUT2D eigenvalue weighted by molar-refractivity contribution is 7.90. The zero-order valence-electron chi connectivity index (χ0n) is 19.9. The third kappa shape index (κ3) is 4.50. The molecule has 38 heavy (non-hydrogen) atoms. The second-order valence-electron chi connectivity index (χ2n) is 8.95. The number of benzene rings is 2. The van der Waals surface area contributed by atoms with Gasteiger partial charge in [0.15, 0.2) is 11.5 Å². The number of halogens is 2. The number of sulfone groups is 1. The van der Waals surface area contributed by atoms with Gasteiger partial charge < -0.3 is 4.98 Å². The number of H-pyrrole nitrogens is 2. The quantitative estimate of drug-likeness (QED) is 0.324. The maximum Gasteiger partial charge on any atom is 0.178 e. The zero-order chi connectivity index (χ0) is 26.4. The lowest BCUT2D eigenvalue weighted by Gasteiger charge is -2.07. The molecular formula is C26H19F2N7O2S. The van der Waals surface area contributed by atoms with Crippen molar-refractivity contribution in [2.24, 2.45) is 0 Å². The molecule has 9 nitrogen and oxygen atoms in total. The Bertz CT molecular complexity index is 1940. The van der Waals surface area contributed by atoms with Gasteiger partial charge in [-0.1, -0.05) is 6.07 Å². The van der Waals surface area contributed by atoms with Crippen molar-refractivity contribution in [1.82, 2.24) is 35.1 Å². The fourth-order valence-electron chi connectivity index (χ4n) is 4.40. The third-order valence-corrected chi connectivity index (χ3v) is 7.11. The lowest BCUT2D eigenvalue weighted by atomic mass is 10.0. The van der Waals surface area contributed by atoms with Gasteiger partial charge in [0.25, 0.3) is 0 Å². The minimum atomic E-state index is -3.20. The summed E-state index contributed by atoms with van der Waals surface area (Å²) in [5, 5.41) is 7.82. The maximum atomic E-state index is 14.8. The van der Waals surface area contributed by atoms with Crippen molar-refractivity contribution in [2.75, 3.05) is 12.0 Å². The molecule has 12 heteroatoms. The molecule has 190 valence electrons. The van der Waals surface area contributed by atoms with Crippen LogP contribution in [0.1, 0.15) is 5.56 Å². The summed E-state index contributed by atoms with van der Waals surface area (Å²) in [7, 11) is -3.20. The first-order valence-electron chi connectivity index (χ1n) is 11.5. The van der Waals surface area contributed by atoms with Crippen LogP contribution in [0.5, 0.6) is 0 Å². The molecule has 0 unspecified atom stereocenters. The van der Waals surface area contributed by atoms with Crippen molar-refractivity contribution in [3.63, 3.8) is 0 Å². The largest absolute Gasteiger partial charge is 0.335 e. The SMILES string of the molecule is CS(=O)(=O)CCc1cc(F)cc(-c2ccnc3nc(-c4n[nH]c5cc(F)c(-c6cncnc6)cc45)[nH]c23)c1. The number of pyridine rings is 1. The van der Waals surface area contributed by atoms with Crippen LogP contribution in [0, 0.1) is 11.6 Å². The number of aryl methyl sites for hydroxylation is 1. The number of fused-ring (bicyclic) bond motifs is 2. The molecule has 2 N–H and O–H groups in total. The Kier molecular flexibility index (Phi) is 5.68. The number of nitrogens with zero attached hydrogens (tertiary/aromatic N) is 5. The van der Waals surface area contributed by atoms with Crippen LogP contribution in [0.25, 0.3) is 55.8 Å². The first-order valence-corrected chi connectivity index (χ1v) is 13.6. The second kappa shape index (κ2) is 9.06. The Labute approximate surface area is 215 Å². The first-order chi connectivity index (χ1) is 18.2.